The van der Waals surface area contributed by atoms with Gasteiger partial charge < -0.3 is 5.32 Å². The molecule has 0 aliphatic heterocycles. The van der Waals surface area contributed by atoms with Gasteiger partial charge in [0.25, 0.3) is 5.69 Å². The molecule has 2 atom stereocenters. The van der Waals surface area contributed by atoms with Gasteiger partial charge in [0.05, 0.1) is 4.92 Å². The average Bonchev–Trinajstić information content (AvgIpc) is 2.57. The molecule has 0 bridgehead atoms. The fraction of sp³-hybridized carbons (Fsp3) is 0.571. The summed E-state index contributed by atoms with van der Waals surface area (Å²) >= 11 is 2.16. The molecule has 1 saturated carbocycles. The standard InChI is InChI=1S/C14H19IN2O2/c1-10-3-2-4-11(6-5-10)16-14-8-7-12(17(18)19)9-13(14)15/h7-11,16H,2-6H2,1H3. The minimum atomic E-state index is -0.348. The maximum Gasteiger partial charge on any atom is 0.270 e. The summed E-state index contributed by atoms with van der Waals surface area (Å²) < 4.78 is 0.920. The van der Waals surface area contributed by atoms with Crippen molar-refractivity contribution in [2.45, 2.75) is 45.1 Å². The highest BCUT2D eigenvalue weighted by molar-refractivity contribution is 14.1. The Morgan fingerprint density at radius 1 is 1.32 bits per heavy atom. The van der Waals surface area contributed by atoms with Crippen LogP contribution in [0.25, 0.3) is 0 Å². The molecule has 1 aromatic rings. The molecule has 2 rings (SSSR count). The fourth-order valence-corrected chi connectivity index (χ4v) is 3.24. The van der Waals surface area contributed by atoms with E-state index in [-0.39, 0.29) is 10.6 Å². The summed E-state index contributed by atoms with van der Waals surface area (Å²) in [7, 11) is 0. The highest BCUT2D eigenvalue weighted by atomic mass is 127. The van der Waals surface area contributed by atoms with Gasteiger partial charge in [0.1, 0.15) is 0 Å². The summed E-state index contributed by atoms with van der Waals surface area (Å²) in [6.07, 6.45) is 6.23. The summed E-state index contributed by atoms with van der Waals surface area (Å²) in [4.78, 5) is 10.4. The van der Waals surface area contributed by atoms with E-state index < -0.39 is 0 Å². The van der Waals surface area contributed by atoms with E-state index in [0.717, 1.165) is 15.2 Å². The van der Waals surface area contributed by atoms with Gasteiger partial charge in [0, 0.05) is 27.4 Å². The van der Waals surface area contributed by atoms with Crippen LogP contribution < -0.4 is 5.32 Å². The molecule has 0 radical (unpaired) electrons. The molecule has 0 amide bonds. The Balaban J connectivity index is 2.04. The first kappa shape index (κ1) is 14.6. The number of rotatable bonds is 3. The van der Waals surface area contributed by atoms with Gasteiger partial charge in [-0.05, 0) is 53.8 Å². The summed E-state index contributed by atoms with van der Waals surface area (Å²) in [6.45, 7) is 2.32. The maximum atomic E-state index is 10.7. The van der Waals surface area contributed by atoms with Crippen LogP contribution in [0.2, 0.25) is 0 Å². The highest BCUT2D eigenvalue weighted by Gasteiger charge is 2.17. The second-order valence-electron chi connectivity index (χ2n) is 5.38. The molecule has 1 aromatic carbocycles. The predicted octanol–water partition coefficient (Wildman–Crippen LogP) is 4.58. The van der Waals surface area contributed by atoms with E-state index in [4.69, 9.17) is 0 Å². The van der Waals surface area contributed by atoms with Gasteiger partial charge in [0.15, 0.2) is 0 Å². The Kier molecular flexibility index (Phi) is 5.01. The van der Waals surface area contributed by atoms with Gasteiger partial charge in [-0.15, -0.1) is 0 Å². The number of nitrogens with zero attached hydrogens (tertiary/aromatic N) is 1. The van der Waals surface area contributed by atoms with E-state index in [2.05, 4.69) is 34.8 Å². The smallest absolute Gasteiger partial charge is 0.270 e. The quantitative estimate of drug-likeness (QED) is 0.365. The zero-order valence-electron chi connectivity index (χ0n) is 11.1. The first-order chi connectivity index (χ1) is 9.06. The number of halogens is 1. The number of hydrogen-bond donors (Lipinski definition) is 1. The van der Waals surface area contributed by atoms with Crippen molar-refractivity contribution in [1.29, 1.82) is 0 Å². The van der Waals surface area contributed by atoms with Crippen LogP contribution in [0.15, 0.2) is 18.2 Å². The number of benzene rings is 1. The molecular weight excluding hydrogens is 355 g/mol. The van der Waals surface area contributed by atoms with E-state index in [9.17, 15) is 10.1 Å². The Labute approximate surface area is 127 Å². The molecule has 1 aliphatic rings. The molecule has 104 valence electrons. The van der Waals surface area contributed by atoms with Crippen molar-refractivity contribution in [3.8, 4) is 0 Å². The van der Waals surface area contributed by atoms with Gasteiger partial charge >= 0.3 is 0 Å². The largest absolute Gasteiger partial charge is 0.381 e. The van der Waals surface area contributed by atoms with Crippen LogP contribution in [0.3, 0.4) is 0 Å². The summed E-state index contributed by atoms with van der Waals surface area (Å²) in [5, 5.41) is 14.3. The van der Waals surface area contributed by atoms with Crippen LogP contribution in [0.5, 0.6) is 0 Å². The highest BCUT2D eigenvalue weighted by Crippen LogP contribution is 2.28. The van der Waals surface area contributed by atoms with Crippen molar-refractivity contribution < 1.29 is 4.92 Å². The van der Waals surface area contributed by atoms with Gasteiger partial charge in [-0.1, -0.05) is 19.8 Å². The zero-order valence-corrected chi connectivity index (χ0v) is 13.2. The molecule has 19 heavy (non-hydrogen) atoms. The van der Waals surface area contributed by atoms with Crippen molar-refractivity contribution >= 4 is 34.0 Å². The van der Waals surface area contributed by atoms with Gasteiger partial charge in [-0.25, -0.2) is 0 Å². The number of anilines is 1. The summed E-state index contributed by atoms with van der Waals surface area (Å²) in [5.41, 5.74) is 1.18. The monoisotopic (exact) mass is 374 g/mol. The Morgan fingerprint density at radius 2 is 2.11 bits per heavy atom. The van der Waals surface area contributed by atoms with E-state index in [1.165, 1.54) is 32.1 Å². The van der Waals surface area contributed by atoms with Gasteiger partial charge in [0.2, 0.25) is 0 Å². The third-order valence-corrected chi connectivity index (χ3v) is 4.67. The minimum absolute atomic E-state index is 0.157. The van der Waals surface area contributed by atoms with Crippen molar-refractivity contribution in [3.63, 3.8) is 0 Å². The van der Waals surface area contributed by atoms with Gasteiger partial charge in [-0.2, -0.15) is 0 Å². The van der Waals surface area contributed by atoms with Crippen molar-refractivity contribution in [3.05, 3.63) is 31.9 Å². The van der Waals surface area contributed by atoms with E-state index in [1.54, 1.807) is 12.1 Å². The Hall–Kier alpha value is -0.850. The van der Waals surface area contributed by atoms with Crippen LogP contribution in [-0.4, -0.2) is 11.0 Å². The molecule has 1 fully saturated rings. The van der Waals surface area contributed by atoms with Crippen molar-refractivity contribution in [2.75, 3.05) is 5.32 Å². The number of hydrogen-bond acceptors (Lipinski definition) is 3. The lowest BCUT2D eigenvalue weighted by Crippen LogP contribution is -2.19. The lowest BCUT2D eigenvalue weighted by atomic mass is 10.0. The molecule has 5 heteroatoms. The second-order valence-corrected chi connectivity index (χ2v) is 6.54. The molecule has 1 aliphatic carbocycles. The first-order valence-corrected chi connectivity index (χ1v) is 7.84. The lowest BCUT2D eigenvalue weighted by molar-refractivity contribution is -0.384. The number of nitro groups is 1. The second kappa shape index (κ2) is 6.54. The summed E-state index contributed by atoms with van der Waals surface area (Å²) in [5.74, 6) is 0.822. The molecule has 1 N–H and O–H groups in total. The van der Waals surface area contributed by atoms with Crippen LogP contribution in [0.1, 0.15) is 39.0 Å². The zero-order chi connectivity index (χ0) is 13.8. The normalized spacial score (nSPS) is 23.7. The predicted molar refractivity (Wildman–Crippen MR) is 85.5 cm³/mol. The maximum absolute atomic E-state index is 10.7. The SMILES string of the molecule is CC1CCCC(Nc2ccc([N+](=O)[O-])cc2I)CC1. The van der Waals surface area contributed by atoms with E-state index in [1.807, 2.05) is 6.07 Å². The third-order valence-electron chi connectivity index (χ3n) is 3.78. The fourth-order valence-electron chi connectivity index (χ4n) is 2.59. The summed E-state index contributed by atoms with van der Waals surface area (Å²) in [6, 6.07) is 5.53. The van der Waals surface area contributed by atoms with Crippen LogP contribution in [0, 0.1) is 19.6 Å². The van der Waals surface area contributed by atoms with Crippen LogP contribution >= 0.6 is 22.6 Å². The van der Waals surface area contributed by atoms with Gasteiger partial charge in [-0.3, -0.25) is 10.1 Å². The molecule has 2 unspecified atom stereocenters. The van der Waals surface area contributed by atoms with Crippen molar-refractivity contribution in [1.82, 2.24) is 0 Å². The van der Waals surface area contributed by atoms with E-state index >= 15 is 0 Å². The van der Waals surface area contributed by atoms with E-state index in [0.29, 0.717) is 6.04 Å². The third kappa shape index (κ3) is 4.06. The molecule has 0 heterocycles. The van der Waals surface area contributed by atoms with Crippen molar-refractivity contribution in [2.24, 2.45) is 5.92 Å². The number of nitro benzene ring substituents is 1. The van der Waals surface area contributed by atoms with Crippen LogP contribution in [-0.2, 0) is 0 Å². The molecule has 0 spiro atoms. The molecular formula is C14H19IN2O2. The first-order valence-electron chi connectivity index (χ1n) is 6.76. The topological polar surface area (TPSA) is 55.2 Å². The molecule has 0 aromatic heterocycles. The Morgan fingerprint density at radius 3 is 2.79 bits per heavy atom. The molecule has 4 nitrogen and oxygen atoms in total. The lowest BCUT2D eigenvalue weighted by Gasteiger charge is -2.18. The molecule has 0 saturated heterocycles. The average molecular weight is 374 g/mol. The minimum Gasteiger partial charge on any atom is -0.381 e. The Bertz CT molecular complexity index is 465. The number of nitrogens with one attached hydrogen (secondary N) is 1. The number of non-ortho nitro benzene ring substituents is 1. The van der Waals surface area contributed by atoms with Crippen LogP contribution in [0.4, 0.5) is 11.4 Å².